The zero-order chi connectivity index (χ0) is 22.9. The zero-order valence-electron chi connectivity index (χ0n) is 17.4. The summed E-state index contributed by atoms with van der Waals surface area (Å²) in [7, 11) is 0. The van der Waals surface area contributed by atoms with Gasteiger partial charge in [0, 0.05) is 36.0 Å². The number of alkyl halides is 4. The van der Waals surface area contributed by atoms with Gasteiger partial charge in [-0.2, -0.15) is 13.2 Å². The van der Waals surface area contributed by atoms with Crippen LogP contribution in [0.4, 0.5) is 13.2 Å². The van der Waals surface area contributed by atoms with Gasteiger partial charge < -0.3 is 9.84 Å². The molecule has 1 aliphatic heterocycles. The number of aromatic nitrogens is 1. The Kier molecular flexibility index (Phi) is 6.89. The smallest absolute Gasteiger partial charge is 0.417 e. The molecular weight excluding hydrogens is 447 g/mol. The number of halogens is 4. The molecule has 0 spiro atoms. The third kappa shape index (κ3) is 4.99. The zero-order valence-corrected chi connectivity index (χ0v) is 19.0. The van der Waals surface area contributed by atoms with Gasteiger partial charge in [-0.15, -0.1) is 22.9 Å². The van der Waals surface area contributed by atoms with Gasteiger partial charge in [0.1, 0.15) is 5.76 Å². The van der Waals surface area contributed by atoms with Crippen LogP contribution in [0.2, 0.25) is 0 Å². The van der Waals surface area contributed by atoms with Crippen molar-refractivity contribution >= 4 is 33.0 Å². The molecule has 0 bridgehead atoms. The van der Waals surface area contributed by atoms with Crippen molar-refractivity contribution in [3.05, 3.63) is 65.0 Å². The van der Waals surface area contributed by atoms with Crippen LogP contribution in [0.15, 0.2) is 60.2 Å². The van der Waals surface area contributed by atoms with E-state index in [4.69, 9.17) is 16.3 Å². The highest BCUT2D eigenvalue weighted by Gasteiger charge is 2.56. The van der Waals surface area contributed by atoms with Crippen molar-refractivity contribution in [2.75, 3.05) is 12.5 Å². The summed E-state index contributed by atoms with van der Waals surface area (Å²) in [6, 6.07) is 3.42. The standard InChI is InChI=1S/C23H25ClF3NO2S/c1-4-18(20-15(5-8-24)7-10-30-20)21(2,3)14-22(29,23(25,26)27)12-17-11-16-6-9-28-13-19(16)31-17/h4-6,9,11,13,29H,1,7-8,10,12,14H2,2-3H3/b15-5-,20-18-. The fourth-order valence-corrected chi connectivity index (χ4v) is 5.41. The van der Waals surface area contributed by atoms with Crippen LogP contribution >= 0.6 is 22.9 Å². The monoisotopic (exact) mass is 471 g/mol. The molecule has 1 fully saturated rings. The van der Waals surface area contributed by atoms with Crippen LogP contribution in [-0.4, -0.2) is 34.4 Å². The number of nitrogens with zero attached hydrogens (tertiary/aromatic N) is 1. The second-order valence-corrected chi connectivity index (χ2v) is 9.80. The lowest BCUT2D eigenvalue weighted by Gasteiger charge is -2.38. The molecule has 0 aromatic carbocycles. The largest absolute Gasteiger partial charge is 0.493 e. The van der Waals surface area contributed by atoms with E-state index in [1.54, 1.807) is 44.4 Å². The molecule has 1 atom stereocenters. The summed E-state index contributed by atoms with van der Waals surface area (Å²) < 4.78 is 49.0. The van der Waals surface area contributed by atoms with E-state index in [0.717, 1.165) is 15.7 Å². The topological polar surface area (TPSA) is 42.4 Å². The van der Waals surface area contributed by atoms with Crippen molar-refractivity contribution in [3.63, 3.8) is 0 Å². The molecule has 0 aliphatic carbocycles. The fourth-order valence-electron chi connectivity index (χ4n) is 4.09. The van der Waals surface area contributed by atoms with E-state index in [1.165, 1.54) is 17.4 Å². The quantitative estimate of drug-likeness (QED) is 0.464. The number of fused-ring (bicyclic) bond motifs is 1. The van der Waals surface area contributed by atoms with Gasteiger partial charge in [-0.05, 0) is 40.5 Å². The third-order valence-corrected chi connectivity index (χ3v) is 6.75. The molecule has 1 aliphatic rings. The van der Waals surface area contributed by atoms with Gasteiger partial charge in [-0.1, -0.05) is 32.6 Å². The van der Waals surface area contributed by atoms with E-state index < -0.39 is 30.0 Å². The predicted octanol–water partition coefficient (Wildman–Crippen LogP) is 6.57. The second-order valence-electron chi connectivity index (χ2n) is 8.32. The molecule has 1 N–H and O–H groups in total. The van der Waals surface area contributed by atoms with Crippen molar-refractivity contribution in [2.24, 2.45) is 5.41 Å². The normalized spacial score (nSPS) is 20.0. The average Bonchev–Trinajstić information content (AvgIpc) is 3.27. The van der Waals surface area contributed by atoms with E-state index in [1.807, 2.05) is 0 Å². The summed E-state index contributed by atoms with van der Waals surface area (Å²) in [5, 5.41) is 11.8. The second kappa shape index (κ2) is 8.96. The molecule has 1 saturated heterocycles. The van der Waals surface area contributed by atoms with E-state index in [2.05, 4.69) is 11.6 Å². The first-order chi connectivity index (χ1) is 14.5. The fraction of sp³-hybridized carbons (Fsp3) is 0.435. The van der Waals surface area contributed by atoms with Crippen molar-refractivity contribution in [2.45, 2.75) is 44.9 Å². The van der Waals surface area contributed by atoms with Crippen LogP contribution in [-0.2, 0) is 11.2 Å². The van der Waals surface area contributed by atoms with Crippen LogP contribution < -0.4 is 0 Å². The SMILES string of the molecule is C=C/C(=C1/OCC/C1=C/CCl)C(C)(C)CC(O)(Cc1cc2ccncc2s1)C(F)(F)F. The Morgan fingerprint density at radius 1 is 1.39 bits per heavy atom. The van der Waals surface area contributed by atoms with Crippen molar-refractivity contribution in [1.82, 2.24) is 4.98 Å². The summed E-state index contributed by atoms with van der Waals surface area (Å²) >= 11 is 7.04. The third-order valence-electron chi connectivity index (χ3n) is 5.51. The summed E-state index contributed by atoms with van der Waals surface area (Å²) in [5.41, 5.74) is -2.60. The van der Waals surface area contributed by atoms with Crippen molar-refractivity contribution in [1.29, 1.82) is 0 Å². The number of allylic oxidation sites excluding steroid dienone is 4. The summed E-state index contributed by atoms with van der Waals surface area (Å²) in [4.78, 5) is 4.46. The highest BCUT2D eigenvalue weighted by atomic mass is 35.5. The maximum absolute atomic E-state index is 14.2. The minimum atomic E-state index is -4.82. The maximum atomic E-state index is 14.2. The van der Waals surface area contributed by atoms with E-state index in [-0.39, 0.29) is 5.88 Å². The Hall–Kier alpha value is -1.83. The van der Waals surface area contributed by atoms with Crippen LogP contribution in [0.3, 0.4) is 0 Å². The number of aliphatic hydroxyl groups is 1. The first-order valence-corrected chi connectivity index (χ1v) is 11.2. The van der Waals surface area contributed by atoms with Gasteiger partial charge in [-0.3, -0.25) is 4.98 Å². The molecular formula is C23H25ClF3NO2S. The molecule has 3 rings (SSSR count). The first kappa shape index (κ1) is 23.8. The Labute approximate surface area is 188 Å². The number of hydrogen-bond acceptors (Lipinski definition) is 4. The van der Waals surface area contributed by atoms with Crippen molar-refractivity contribution < 1.29 is 23.0 Å². The average molecular weight is 472 g/mol. The molecule has 168 valence electrons. The van der Waals surface area contributed by atoms with Crippen LogP contribution in [0.1, 0.15) is 31.6 Å². The molecule has 3 heterocycles. The number of ether oxygens (including phenoxy) is 1. The molecule has 8 heteroatoms. The Balaban J connectivity index is 1.98. The number of rotatable bonds is 7. The van der Waals surface area contributed by atoms with Gasteiger partial charge in [0.15, 0.2) is 5.60 Å². The molecule has 2 aromatic heterocycles. The van der Waals surface area contributed by atoms with Gasteiger partial charge in [0.2, 0.25) is 0 Å². The van der Waals surface area contributed by atoms with Crippen LogP contribution in [0.5, 0.6) is 0 Å². The first-order valence-electron chi connectivity index (χ1n) is 9.87. The maximum Gasteiger partial charge on any atom is 0.417 e. The van der Waals surface area contributed by atoms with E-state index in [0.29, 0.717) is 29.2 Å². The lowest BCUT2D eigenvalue weighted by molar-refractivity contribution is -0.267. The van der Waals surface area contributed by atoms with Crippen molar-refractivity contribution in [3.8, 4) is 0 Å². The Morgan fingerprint density at radius 3 is 2.74 bits per heavy atom. The molecule has 3 nitrogen and oxygen atoms in total. The Morgan fingerprint density at radius 2 is 2.13 bits per heavy atom. The lowest BCUT2D eigenvalue weighted by Crippen LogP contribution is -2.50. The highest BCUT2D eigenvalue weighted by molar-refractivity contribution is 7.19. The molecule has 2 aromatic rings. The number of pyridine rings is 1. The predicted molar refractivity (Wildman–Crippen MR) is 119 cm³/mol. The molecule has 0 radical (unpaired) electrons. The number of hydrogen-bond donors (Lipinski definition) is 1. The van der Waals surface area contributed by atoms with Gasteiger partial charge in [0.25, 0.3) is 0 Å². The van der Waals surface area contributed by atoms with Gasteiger partial charge in [0.05, 0.1) is 11.3 Å². The molecule has 0 saturated carbocycles. The minimum Gasteiger partial charge on any atom is -0.493 e. The Bertz CT molecular complexity index is 992. The summed E-state index contributed by atoms with van der Waals surface area (Å²) in [6.07, 6.45) is 1.25. The van der Waals surface area contributed by atoms with Gasteiger partial charge >= 0.3 is 6.18 Å². The van der Waals surface area contributed by atoms with Crippen LogP contribution in [0.25, 0.3) is 10.1 Å². The summed E-state index contributed by atoms with van der Waals surface area (Å²) in [6.45, 7) is 7.58. The van der Waals surface area contributed by atoms with E-state index >= 15 is 0 Å². The molecule has 31 heavy (non-hydrogen) atoms. The minimum absolute atomic E-state index is 0.278. The van der Waals surface area contributed by atoms with Crippen LogP contribution in [0, 0.1) is 5.41 Å². The highest BCUT2D eigenvalue weighted by Crippen LogP contribution is 2.47. The number of thiophene rings is 1. The molecule has 0 amide bonds. The summed E-state index contributed by atoms with van der Waals surface area (Å²) in [5.74, 6) is 0.790. The lowest BCUT2D eigenvalue weighted by atomic mass is 9.72. The van der Waals surface area contributed by atoms with Gasteiger partial charge in [-0.25, -0.2) is 0 Å². The molecule has 1 unspecified atom stereocenters. The van der Waals surface area contributed by atoms with E-state index in [9.17, 15) is 18.3 Å².